The molecule has 1 spiro atoms. The molecule has 0 unspecified atom stereocenters. The molecule has 26 heavy (non-hydrogen) atoms. The van der Waals surface area contributed by atoms with Crippen LogP contribution in [0.4, 0.5) is 0 Å². The number of ether oxygens (including phenoxy) is 2. The second-order valence-corrected chi connectivity index (χ2v) is 7.81. The van der Waals surface area contributed by atoms with Crippen molar-refractivity contribution in [3.8, 4) is 5.88 Å². The van der Waals surface area contributed by atoms with Crippen molar-refractivity contribution in [3.05, 3.63) is 29.7 Å². The predicted octanol–water partition coefficient (Wildman–Crippen LogP) is 2.67. The second-order valence-electron chi connectivity index (χ2n) is 7.81. The monoisotopic (exact) mass is 357 g/mol. The summed E-state index contributed by atoms with van der Waals surface area (Å²) in [4.78, 5) is 22.8. The number of rotatable bonds is 5. The van der Waals surface area contributed by atoms with Gasteiger partial charge >= 0.3 is 0 Å². The van der Waals surface area contributed by atoms with Gasteiger partial charge in [0.15, 0.2) is 0 Å². The molecule has 2 fully saturated rings. The first-order chi connectivity index (χ1) is 12.6. The third-order valence-corrected chi connectivity index (χ3v) is 5.66. The van der Waals surface area contributed by atoms with Crippen molar-refractivity contribution in [1.29, 1.82) is 0 Å². The Labute approximate surface area is 154 Å². The van der Waals surface area contributed by atoms with Gasteiger partial charge in [0.05, 0.1) is 31.6 Å². The van der Waals surface area contributed by atoms with Crippen LogP contribution in [0.1, 0.15) is 44.2 Å². The highest BCUT2D eigenvalue weighted by Crippen LogP contribution is 2.39. The third kappa shape index (κ3) is 3.75. The molecule has 0 aromatic carbocycles. The van der Waals surface area contributed by atoms with Crippen LogP contribution < -0.4 is 4.74 Å². The van der Waals surface area contributed by atoms with E-state index in [2.05, 4.69) is 16.0 Å². The Morgan fingerprint density at radius 3 is 3.08 bits per heavy atom. The van der Waals surface area contributed by atoms with E-state index in [0.717, 1.165) is 69.5 Å². The van der Waals surface area contributed by atoms with Gasteiger partial charge in [-0.05, 0) is 51.4 Å². The minimum Gasteiger partial charge on any atom is -0.477 e. The van der Waals surface area contributed by atoms with Crippen LogP contribution in [0.25, 0.3) is 0 Å². The maximum Gasteiger partial charge on any atom is 0.249 e. The maximum absolute atomic E-state index is 12.5. The Morgan fingerprint density at radius 2 is 2.31 bits per heavy atom. The molecular formula is C20H27N3O3. The summed E-state index contributed by atoms with van der Waals surface area (Å²) in [6.45, 7) is 4.81. The fourth-order valence-electron chi connectivity index (χ4n) is 4.30. The number of nitrogens with zero attached hydrogens (tertiary/aromatic N) is 3. The van der Waals surface area contributed by atoms with E-state index < -0.39 is 0 Å². The van der Waals surface area contributed by atoms with Gasteiger partial charge in [-0.25, -0.2) is 4.98 Å². The lowest BCUT2D eigenvalue weighted by molar-refractivity contribution is -0.186. The summed E-state index contributed by atoms with van der Waals surface area (Å²) in [5.74, 6) is 1.39. The number of hydrogen-bond donors (Lipinski definition) is 0. The number of allylic oxidation sites excluding steroid dienone is 1. The second kappa shape index (κ2) is 7.35. The van der Waals surface area contributed by atoms with Crippen molar-refractivity contribution >= 4 is 5.91 Å². The van der Waals surface area contributed by atoms with E-state index in [0.29, 0.717) is 18.4 Å². The summed E-state index contributed by atoms with van der Waals surface area (Å²) in [6, 6.07) is 0. The van der Waals surface area contributed by atoms with E-state index in [1.807, 2.05) is 11.8 Å². The van der Waals surface area contributed by atoms with Gasteiger partial charge in [-0.2, -0.15) is 0 Å². The van der Waals surface area contributed by atoms with E-state index in [-0.39, 0.29) is 11.5 Å². The minimum absolute atomic E-state index is 0.124. The molecule has 0 saturated carbocycles. The van der Waals surface area contributed by atoms with E-state index in [1.165, 1.54) is 0 Å². The Bertz CT molecular complexity index is 697. The van der Waals surface area contributed by atoms with Gasteiger partial charge in [-0.3, -0.25) is 9.78 Å². The largest absolute Gasteiger partial charge is 0.477 e. The maximum atomic E-state index is 12.5. The quantitative estimate of drug-likeness (QED) is 0.811. The molecule has 6 nitrogen and oxygen atoms in total. The molecule has 0 N–H and O–H groups in total. The lowest BCUT2D eigenvalue weighted by atomic mass is 9.79. The normalized spacial score (nSPS) is 24.3. The van der Waals surface area contributed by atoms with Crippen molar-refractivity contribution in [2.45, 2.75) is 51.0 Å². The molecule has 2 saturated heterocycles. The van der Waals surface area contributed by atoms with Crippen LogP contribution in [0.15, 0.2) is 24.0 Å². The molecule has 4 rings (SSSR count). The molecule has 140 valence electrons. The summed E-state index contributed by atoms with van der Waals surface area (Å²) in [5.41, 5.74) is 1.74. The first-order valence-electron chi connectivity index (χ1n) is 9.67. The molecule has 6 heteroatoms. The zero-order valence-electron chi connectivity index (χ0n) is 15.4. The lowest BCUT2D eigenvalue weighted by Crippen LogP contribution is -2.66. The summed E-state index contributed by atoms with van der Waals surface area (Å²) in [6.07, 6.45) is 11.6. The Kier molecular flexibility index (Phi) is 4.94. The molecule has 2 aliphatic heterocycles. The summed E-state index contributed by atoms with van der Waals surface area (Å²) in [7, 11) is 0. The molecule has 0 radical (unpaired) electrons. The fraction of sp³-hybridized carbons (Fsp3) is 0.650. The zero-order valence-corrected chi connectivity index (χ0v) is 15.4. The van der Waals surface area contributed by atoms with Crippen molar-refractivity contribution in [3.63, 3.8) is 0 Å². The first-order valence-corrected chi connectivity index (χ1v) is 9.67. The minimum atomic E-state index is -0.124. The first kappa shape index (κ1) is 17.5. The predicted molar refractivity (Wildman–Crippen MR) is 96.8 cm³/mol. The number of carbonyl (C=O) groups is 1. The number of aryl methyl sites for hydroxylation is 1. The van der Waals surface area contributed by atoms with Gasteiger partial charge < -0.3 is 14.4 Å². The van der Waals surface area contributed by atoms with Crippen LogP contribution in [-0.2, 0) is 9.53 Å². The average Bonchev–Trinajstić information content (AvgIpc) is 3.14. The molecule has 1 aliphatic carbocycles. The van der Waals surface area contributed by atoms with Crippen LogP contribution in [0.2, 0.25) is 0 Å². The average molecular weight is 357 g/mol. The highest BCUT2D eigenvalue weighted by molar-refractivity contribution is 5.94. The third-order valence-electron chi connectivity index (χ3n) is 5.66. The number of amides is 1. The van der Waals surface area contributed by atoms with Crippen LogP contribution in [-0.4, -0.2) is 52.7 Å². The Hall–Kier alpha value is -1.95. The smallest absolute Gasteiger partial charge is 0.249 e. The van der Waals surface area contributed by atoms with Gasteiger partial charge in [0.1, 0.15) is 5.60 Å². The van der Waals surface area contributed by atoms with Gasteiger partial charge in [0, 0.05) is 18.4 Å². The Morgan fingerprint density at radius 1 is 1.42 bits per heavy atom. The van der Waals surface area contributed by atoms with Crippen molar-refractivity contribution in [1.82, 2.24) is 14.9 Å². The standard InChI is InChI=1S/C20H27N3O3/c1-15-11-21-12-18(22-15)25-8-6-16-7-9-26-20(10-16)13-23(14-20)19(24)17-4-2-3-5-17/h4,11-12,16H,2-3,5-10,13-14H2,1H3/t16-/m1/s1. The van der Waals surface area contributed by atoms with Crippen molar-refractivity contribution in [2.24, 2.45) is 5.92 Å². The van der Waals surface area contributed by atoms with E-state index in [1.54, 1.807) is 12.4 Å². The van der Waals surface area contributed by atoms with Crippen LogP contribution >= 0.6 is 0 Å². The summed E-state index contributed by atoms with van der Waals surface area (Å²) in [5, 5.41) is 0. The molecule has 1 aromatic rings. The fourth-order valence-corrected chi connectivity index (χ4v) is 4.30. The number of likely N-dealkylation sites (tertiary alicyclic amines) is 1. The van der Waals surface area contributed by atoms with Crippen LogP contribution in [0, 0.1) is 12.8 Å². The van der Waals surface area contributed by atoms with E-state index >= 15 is 0 Å². The van der Waals surface area contributed by atoms with Crippen LogP contribution in [0.3, 0.4) is 0 Å². The van der Waals surface area contributed by atoms with Crippen molar-refractivity contribution < 1.29 is 14.3 Å². The van der Waals surface area contributed by atoms with Gasteiger partial charge in [0.2, 0.25) is 11.8 Å². The van der Waals surface area contributed by atoms with Crippen LogP contribution in [0.5, 0.6) is 5.88 Å². The molecule has 0 bridgehead atoms. The zero-order chi connectivity index (χ0) is 18.0. The van der Waals surface area contributed by atoms with E-state index in [4.69, 9.17) is 9.47 Å². The number of carbonyl (C=O) groups excluding carboxylic acids is 1. The van der Waals surface area contributed by atoms with Gasteiger partial charge in [0.25, 0.3) is 0 Å². The summed E-state index contributed by atoms with van der Waals surface area (Å²) < 4.78 is 11.8. The highest BCUT2D eigenvalue weighted by atomic mass is 16.5. The molecule has 1 amide bonds. The topological polar surface area (TPSA) is 64.6 Å². The lowest BCUT2D eigenvalue weighted by Gasteiger charge is -2.53. The van der Waals surface area contributed by atoms with Gasteiger partial charge in [-0.15, -0.1) is 0 Å². The van der Waals surface area contributed by atoms with E-state index in [9.17, 15) is 4.79 Å². The molecular weight excluding hydrogens is 330 g/mol. The Balaban J connectivity index is 1.24. The molecule has 1 aromatic heterocycles. The van der Waals surface area contributed by atoms with Crippen molar-refractivity contribution in [2.75, 3.05) is 26.3 Å². The number of aromatic nitrogens is 2. The SMILES string of the molecule is Cc1cncc(OCC[C@@H]2CCOC3(C2)CN(C(=O)C2=CCCC2)C3)n1. The number of hydrogen-bond acceptors (Lipinski definition) is 5. The molecule has 3 heterocycles. The van der Waals surface area contributed by atoms with Gasteiger partial charge in [-0.1, -0.05) is 6.08 Å². The molecule has 3 aliphatic rings. The highest BCUT2D eigenvalue weighted by Gasteiger charge is 2.49. The summed E-state index contributed by atoms with van der Waals surface area (Å²) >= 11 is 0. The molecule has 1 atom stereocenters.